The molecule has 7 nitrogen and oxygen atoms in total. The van der Waals surface area contributed by atoms with Gasteiger partial charge in [0.1, 0.15) is 9.71 Å². The Hall–Kier alpha value is -3.30. The number of nitrogens with zero attached hydrogens (tertiary/aromatic N) is 2. The van der Waals surface area contributed by atoms with Crippen LogP contribution in [0.25, 0.3) is 32.9 Å². The zero-order valence-corrected chi connectivity index (χ0v) is 18.0. The highest BCUT2D eigenvalue weighted by atomic mass is 79.9. The second-order valence-corrected chi connectivity index (χ2v) is 7.97. The predicted octanol–water partition coefficient (Wildman–Crippen LogP) is 4.04. The molecule has 0 fully saturated rings. The van der Waals surface area contributed by atoms with Crippen molar-refractivity contribution in [2.45, 2.75) is 0 Å². The highest BCUT2D eigenvalue weighted by Gasteiger charge is 2.21. The minimum Gasteiger partial charge on any atom is -0.397 e. The van der Waals surface area contributed by atoms with Crippen LogP contribution in [-0.2, 0) is 4.79 Å². The maximum Gasteiger partial charge on any atom is 0.260 e. The van der Waals surface area contributed by atoms with E-state index in [-0.39, 0.29) is 21.8 Å². The molecular formula is C21H16BrN5O2S. The number of rotatable bonds is 5. The van der Waals surface area contributed by atoms with Gasteiger partial charge >= 0.3 is 0 Å². The molecule has 2 aromatic carbocycles. The Balaban J connectivity index is 1.96. The Morgan fingerprint density at radius 3 is 2.47 bits per heavy atom. The third kappa shape index (κ3) is 3.77. The molecule has 0 aliphatic heterocycles. The molecule has 4 rings (SSSR count). The summed E-state index contributed by atoms with van der Waals surface area (Å²) in [5.41, 5.74) is 14.8. The summed E-state index contributed by atoms with van der Waals surface area (Å²) in [7, 11) is 0. The van der Waals surface area contributed by atoms with E-state index < -0.39 is 5.91 Å². The van der Waals surface area contributed by atoms with Crippen LogP contribution in [0, 0.1) is 0 Å². The largest absolute Gasteiger partial charge is 0.397 e. The molecule has 2 aromatic heterocycles. The van der Waals surface area contributed by atoms with Gasteiger partial charge in [-0.1, -0.05) is 58.4 Å². The highest BCUT2D eigenvalue weighted by molar-refractivity contribution is 9.09. The van der Waals surface area contributed by atoms with Crippen LogP contribution in [-0.4, -0.2) is 27.1 Å². The van der Waals surface area contributed by atoms with Crippen LogP contribution in [0.3, 0.4) is 0 Å². The van der Waals surface area contributed by atoms with E-state index in [1.807, 2.05) is 42.5 Å². The van der Waals surface area contributed by atoms with Crippen LogP contribution in [0.5, 0.6) is 0 Å². The van der Waals surface area contributed by atoms with Gasteiger partial charge in [-0.25, -0.2) is 9.97 Å². The van der Waals surface area contributed by atoms with Gasteiger partial charge in [-0.15, -0.1) is 11.3 Å². The third-order valence-corrected chi connectivity index (χ3v) is 6.01. The summed E-state index contributed by atoms with van der Waals surface area (Å²) in [4.78, 5) is 33.8. The van der Waals surface area contributed by atoms with Crippen molar-refractivity contribution in [2.75, 3.05) is 16.4 Å². The van der Waals surface area contributed by atoms with Crippen molar-refractivity contribution < 1.29 is 9.59 Å². The van der Waals surface area contributed by atoms with Crippen LogP contribution < -0.4 is 16.8 Å². The number of carbonyl (C=O) groups excluding carboxylic acids is 2. The van der Waals surface area contributed by atoms with E-state index in [9.17, 15) is 9.59 Å². The van der Waals surface area contributed by atoms with Gasteiger partial charge in [0.15, 0.2) is 5.82 Å². The van der Waals surface area contributed by atoms with Crippen LogP contribution in [0.15, 0.2) is 54.6 Å². The fraction of sp³-hybridized carbons (Fsp3) is 0.0476. The average Bonchev–Trinajstić information content (AvgIpc) is 3.10. The minimum atomic E-state index is -0.610. The first-order chi connectivity index (χ1) is 14.5. The Labute approximate surface area is 184 Å². The van der Waals surface area contributed by atoms with Gasteiger partial charge < -0.3 is 16.8 Å². The highest BCUT2D eigenvalue weighted by Crippen LogP contribution is 2.39. The first-order valence-electron chi connectivity index (χ1n) is 8.89. The minimum absolute atomic E-state index is 0.170. The van der Waals surface area contributed by atoms with E-state index in [2.05, 4.69) is 26.2 Å². The zero-order valence-electron chi connectivity index (χ0n) is 15.6. The Kier molecular flexibility index (Phi) is 5.47. The number of anilines is 2. The number of carbonyl (C=O) groups is 2. The number of primary amides is 1. The fourth-order valence-electron chi connectivity index (χ4n) is 3.07. The Morgan fingerprint density at radius 1 is 1.03 bits per heavy atom. The second kappa shape index (κ2) is 8.21. The summed E-state index contributed by atoms with van der Waals surface area (Å²) in [6, 6.07) is 16.8. The van der Waals surface area contributed by atoms with Crippen LogP contribution in [0.1, 0.15) is 9.67 Å². The fourth-order valence-corrected chi connectivity index (χ4v) is 4.16. The average molecular weight is 482 g/mol. The van der Waals surface area contributed by atoms with Crippen LogP contribution >= 0.6 is 27.3 Å². The summed E-state index contributed by atoms with van der Waals surface area (Å²) in [6.45, 7) is 0. The number of amides is 2. The van der Waals surface area contributed by atoms with E-state index in [4.69, 9.17) is 16.5 Å². The molecule has 4 aromatic rings. The molecule has 0 aliphatic rings. The van der Waals surface area contributed by atoms with Gasteiger partial charge in [0.25, 0.3) is 5.91 Å². The molecule has 0 bridgehead atoms. The zero-order chi connectivity index (χ0) is 21.3. The molecule has 150 valence electrons. The second-order valence-electron chi connectivity index (χ2n) is 6.41. The number of hydrogen-bond acceptors (Lipinski definition) is 6. The molecule has 2 amide bonds. The van der Waals surface area contributed by atoms with Crippen molar-refractivity contribution in [3.05, 3.63) is 59.5 Å². The van der Waals surface area contributed by atoms with Crippen molar-refractivity contribution in [3.8, 4) is 22.6 Å². The molecule has 9 heteroatoms. The Morgan fingerprint density at radius 2 is 1.77 bits per heavy atom. The standard InChI is InChI=1S/C21H16BrN5O2S/c22-10-14(28)25-13-8-4-7-12(9-13)17-15-16(23)18(19(24)29)30-21(15)27-20(26-17)11-5-2-1-3-6-11/h1-9H,10,23H2,(H2,24,29)(H,25,28). The lowest BCUT2D eigenvalue weighted by molar-refractivity contribution is -0.113. The number of alkyl halides is 1. The number of nitrogen functional groups attached to an aromatic ring is 1. The van der Waals surface area contributed by atoms with E-state index >= 15 is 0 Å². The molecule has 0 atom stereocenters. The number of halogens is 1. The van der Waals surface area contributed by atoms with Crippen molar-refractivity contribution in [2.24, 2.45) is 5.73 Å². The third-order valence-electron chi connectivity index (χ3n) is 4.39. The smallest absolute Gasteiger partial charge is 0.260 e. The SMILES string of the molecule is NC(=O)c1sc2nc(-c3ccccc3)nc(-c3cccc(NC(=O)CBr)c3)c2c1N. The van der Waals surface area contributed by atoms with E-state index in [1.54, 1.807) is 12.1 Å². The summed E-state index contributed by atoms with van der Waals surface area (Å²) >= 11 is 4.28. The van der Waals surface area contributed by atoms with E-state index in [0.717, 1.165) is 22.5 Å². The first-order valence-corrected chi connectivity index (χ1v) is 10.8. The molecule has 0 aliphatic carbocycles. The van der Waals surface area contributed by atoms with E-state index in [1.165, 1.54) is 0 Å². The number of nitrogens with two attached hydrogens (primary N) is 2. The monoisotopic (exact) mass is 481 g/mol. The molecule has 2 heterocycles. The van der Waals surface area contributed by atoms with Crippen molar-refractivity contribution in [1.29, 1.82) is 0 Å². The molecule has 5 N–H and O–H groups in total. The van der Waals surface area contributed by atoms with E-state index in [0.29, 0.717) is 27.4 Å². The lowest BCUT2D eigenvalue weighted by atomic mass is 10.1. The van der Waals surface area contributed by atoms with Gasteiger partial charge in [0, 0.05) is 16.8 Å². The number of hydrogen-bond donors (Lipinski definition) is 3. The number of benzene rings is 2. The van der Waals surface area contributed by atoms with Gasteiger partial charge in [0.05, 0.1) is 22.1 Å². The molecule has 0 saturated heterocycles. The number of thiophene rings is 1. The molecule has 0 unspecified atom stereocenters. The summed E-state index contributed by atoms with van der Waals surface area (Å²) in [6.07, 6.45) is 0. The van der Waals surface area contributed by atoms with Gasteiger partial charge in [-0.3, -0.25) is 9.59 Å². The summed E-state index contributed by atoms with van der Waals surface area (Å²) in [5, 5.41) is 3.56. The summed E-state index contributed by atoms with van der Waals surface area (Å²) in [5.74, 6) is -0.276. The van der Waals surface area contributed by atoms with Gasteiger partial charge in [-0.05, 0) is 12.1 Å². The maximum atomic E-state index is 11.9. The van der Waals surface area contributed by atoms with Crippen molar-refractivity contribution >= 4 is 60.7 Å². The molecule has 30 heavy (non-hydrogen) atoms. The van der Waals surface area contributed by atoms with Crippen LogP contribution in [0.2, 0.25) is 0 Å². The first kappa shape index (κ1) is 20.0. The predicted molar refractivity (Wildman–Crippen MR) is 124 cm³/mol. The number of aromatic nitrogens is 2. The number of fused-ring (bicyclic) bond motifs is 1. The van der Waals surface area contributed by atoms with Crippen molar-refractivity contribution in [1.82, 2.24) is 9.97 Å². The summed E-state index contributed by atoms with van der Waals surface area (Å²) < 4.78 is 0. The maximum absolute atomic E-state index is 11.9. The molecule has 0 saturated carbocycles. The van der Waals surface area contributed by atoms with Gasteiger partial charge in [-0.2, -0.15) is 0 Å². The topological polar surface area (TPSA) is 124 Å². The lowest BCUT2D eigenvalue weighted by Crippen LogP contribution is -2.12. The number of nitrogens with one attached hydrogen (secondary N) is 1. The molecule has 0 radical (unpaired) electrons. The molecule has 0 spiro atoms. The quantitative estimate of drug-likeness (QED) is 0.371. The van der Waals surface area contributed by atoms with Crippen LogP contribution in [0.4, 0.5) is 11.4 Å². The molecular weight excluding hydrogens is 466 g/mol. The normalized spacial score (nSPS) is 10.8. The van der Waals surface area contributed by atoms with Crippen molar-refractivity contribution in [3.63, 3.8) is 0 Å². The lowest BCUT2D eigenvalue weighted by Gasteiger charge is -2.10. The Bertz CT molecular complexity index is 1270. The van der Waals surface area contributed by atoms with Gasteiger partial charge in [0.2, 0.25) is 5.91 Å².